The molecule has 0 aromatic carbocycles. The number of nitrogens with zero attached hydrogens (tertiary/aromatic N) is 2. The molecule has 0 bridgehead atoms. The maximum atomic E-state index is 5.93. The van der Waals surface area contributed by atoms with Gasteiger partial charge in [-0.3, -0.25) is 0 Å². The van der Waals surface area contributed by atoms with Crippen molar-refractivity contribution >= 4 is 17.4 Å². The smallest absolute Gasteiger partial charge is 0.128 e. The lowest BCUT2D eigenvalue weighted by Crippen LogP contribution is -2.37. The van der Waals surface area contributed by atoms with Gasteiger partial charge < -0.3 is 10.6 Å². The Labute approximate surface area is 121 Å². The average Bonchev–Trinajstić information content (AvgIpc) is 2.70. The van der Waals surface area contributed by atoms with Gasteiger partial charge in [0.1, 0.15) is 5.82 Å². The van der Waals surface area contributed by atoms with Crippen LogP contribution in [0, 0.1) is 0 Å². The second-order valence-corrected chi connectivity index (χ2v) is 5.75. The second kappa shape index (κ2) is 7.71. The third-order valence-corrected chi connectivity index (χ3v) is 4.10. The molecule has 1 fully saturated rings. The van der Waals surface area contributed by atoms with E-state index in [-0.39, 0.29) is 0 Å². The molecule has 3 nitrogen and oxygen atoms in total. The van der Waals surface area contributed by atoms with Gasteiger partial charge in [-0.1, -0.05) is 37.3 Å². The van der Waals surface area contributed by atoms with E-state index in [0.717, 1.165) is 25.3 Å². The summed E-state index contributed by atoms with van der Waals surface area (Å²) in [6.45, 7) is 1.73. The summed E-state index contributed by atoms with van der Waals surface area (Å²) in [5.74, 6) is 1.05. The number of anilines is 1. The maximum Gasteiger partial charge on any atom is 0.128 e. The van der Waals surface area contributed by atoms with Gasteiger partial charge in [0.2, 0.25) is 0 Å². The van der Waals surface area contributed by atoms with Gasteiger partial charge in [0.15, 0.2) is 0 Å². The van der Waals surface area contributed by atoms with Crippen LogP contribution >= 0.6 is 11.6 Å². The fraction of sp³-hybridized carbons (Fsp3) is 0.667. The molecular formula is C15H24ClN3. The second-order valence-electron chi connectivity index (χ2n) is 5.32. The number of aromatic nitrogens is 1. The summed E-state index contributed by atoms with van der Waals surface area (Å²) in [6, 6.07) is 4.57. The summed E-state index contributed by atoms with van der Waals surface area (Å²) >= 11 is 5.93. The van der Waals surface area contributed by atoms with Gasteiger partial charge in [-0.2, -0.15) is 0 Å². The number of halogens is 1. The van der Waals surface area contributed by atoms with Crippen LogP contribution in [0.1, 0.15) is 44.9 Å². The Morgan fingerprint density at radius 3 is 2.53 bits per heavy atom. The maximum absolute atomic E-state index is 5.93. The standard InChI is InChI=1S/C15H24ClN3/c16-13-8-9-15(18-12-13)19(11-5-10-17)14-6-3-1-2-4-7-14/h8-9,12,14H,1-7,10-11,17H2. The Balaban J connectivity index is 2.11. The monoisotopic (exact) mass is 281 g/mol. The van der Waals surface area contributed by atoms with E-state index in [9.17, 15) is 0 Å². The van der Waals surface area contributed by atoms with E-state index in [0.29, 0.717) is 11.1 Å². The Kier molecular flexibility index (Phi) is 5.93. The minimum Gasteiger partial charge on any atom is -0.354 e. The summed E-state index contributed by atoms with van der Waals surface area (Å²) < 4.78 is 0. The van der Waals surface area contributed by atoms with Crippen LogP contribution in [-0.4, -0.2) is 24.1 Å². The van der Waals surface area contributed by atoms with Crippen LogP contribution in [0.15, 0.2) is 18.3 Å². The van der Waals surface area contributed by atoms with Crippen LogP contribution in [0.3, 0.4) is 0 Å². The molecule has 0 amide bonds. The predicted octanol–water partition coefficient (Wildman–Crippen LogP) is 3.61. The highest BCUT2D eigenvalue weighted by molar-refractivity contribution is 6.30. The van der Waals surface area contributed by atoms with Gasteiger partial charge >= 0.3 is 0 Å². The minimum atomic E-state index is 0.614. The van der Waals surface area contributed by atoms with Crippen molar-refractivity contribution in [3.63, 3.8) is 0 Å². The molecular weight excluding hydrogens is 258 g/mol. The number of hydrogen-bond acceptors (Lipinski definition) is 3. The topological polar surface area (TPSA) is 42.1 Å². The number of hydrogen-bond donors (Lipinski definition) is 1. The highest BCUT2D eigenvalue weighted by Gasteiger charge is 2.20. The number of pyridine rings is 1. The third-order valence-electron chi connectivity index (χ3n) is 3.87. The third kappa shape index (κ3) is 4.36. The predicted molar refractivity (Wildman–Crippen MR) is 81.8 cm³/mol. The van der Waals surface area contributed by atoms with E-state index < -0.39 is 0 Å². The van der Waals surface area contributed by atoms with Crippen LogP contribution in [0.4, 0.5) is 5.82 Å². The fourth-order valence-electron chi connectivity index (χ4n) is 2.85. The van der Waals surface area contributed by atoms with E-state index in [1.165, 1.54) is 38.5 Å². The van der Waals surface area contributed by atoms with E-state index >= 15 is 0 Å². The lowest BCUT2D eigenvalue weighted by molar-refractivity contribution is 0.515. The van der Waals surface area contributed by atoms with Crippen molar-refractivity contribution in [1.29, 1.82) is 0 Å². The molecule has 0 radical (unpaired) electrons. The summed E-state index contributed by atoms with van der Waals surface area (Å²) in [7, 11) is 0. The Hall–Kier alpha value is -0.800. The molecule has 19 heavy (non-hydrogen) atoms. The molecule has 1 aliphatic rings. The Morgan fingerprint density at radius 1 is 1.21 bits per heavy atom. The minimum absolute atomic E-state index is 0.614. The van der Waals surface area contributed by atoms with Crippen LogP contribution in [0.25, 0.3) is 0 Å². The lowest BCUT2D eigenvalue weighted by atomic mass is 10.1. The first-order valence-corrected chi connectivity index (χ1v) is 7.77. The Morgan fingerprint density at radius 2 is 1.95 bits per heavy atom. The van der Waals surface area contributed by atoms with Crippen molar-refractivity contribution in [2.24, 2.45) is 5.73 Å². The number of rotatable bonds is 5. The molecule has 1 heterocycles. The normalized spacial score (nSPS) is 17.2. The van der Waals surface area contributed by atoms with Crippen LogP contribution in [-0.2, 0) is 0 Å². The molecule has 2 rings (SSSR count). The SMILES string of the molecule is NCCCN(c1ccc(Cl)cn1)C1CCCCCC1. The lowest BCUT2D eigenvalue weighted by Gasteiger charge is -2.32. The van der Waals surface area contributed by atoms with E-state index in [2.05, 4.69) is 9.88 Å². The molecule has 0 atom stereocenters. The van der Waals surface area contributed by atoms with Crippen molar-refractivity contribution in [3.05, 3.63) is 23.4 Å². The molecule has 0 aliphatic heterocycles. The average molecular weight is 282 g/mol. The van der Waals surface area contributed by atoms with Gasteiger partial charge in [0, 0.05) is 18.8 Å². The summed E-state index contributed by atoms with van der Waals surface area (Å²) in [4.78, 5) is 6.93. The molecule has 1 aromatic heterocycles. The van der Waals surface area contributed by atoms with Crippen molar-refractivity contribution < 1.29 is 0 Å². The molecule has 2 N–H and O–H groups in total. The first-order chi connectivity index (χ1) is 9.31. The zero-order valence-electron chi connectivity index (χ0n) is 11.5. The van der Waals surface area contributed by atoms with E-state index in [1.807, 2.05) is 12.1 Å². The van der Waals surface area contributed by atoms with Crippen LogP contribution < -0.4 is 10.6 Å². The molecule has 1 saturated carbocycles. The van der Waals surface area contributed by atoms with Crippen molar-refractivity contribution in [3.8, 4) is 0 Å². The van der Waals surface area contributed by atoms with Gasteiger partial charge in [-0.15, -0.1) is 0 Å². The first-order valence-electron chi connectivity index (χ1n) is 7.39. The highest BCUT2D eigenvalue weighted by atomic mass is 35.5. The highest BCUT2D eigenvalue weighted by Crippen LogP contribution is 2.26. The molecule has 1 aromatic rings. The zero-order valence-corrected chi connectivity index (χ0v) is 12.3. The van der Waals surface area contributed by atoms with Crippen LogP contribution in [0.5, 0.6) is 0 Å². The van der Waals surface area contributed by atoms with Gasteiger partial charge in [0.05, 0.1) is 5.02 Å². The fourth-order valence-corrected chi connectivity index (χ4v) is 2.97. The summed E-state index contributed by atoms with van der Waals surface area (Å²) in [5, 5.41) is 0.698. The molecule has 4 heteroatoms. The summed E-state index contributed by atoms with van der Waals surface area (Å²) in [5.41, 5.74) is 5.67. The van der Waals surface area contributed by atoms with Crippen molar-refractivity contribution in [2.75, 3.05) is 18.0 Å². The van der Waals surface area contributed by atoms with Gasteiger partial charge in [0.25, 0.3) is 0 Å². The van der Waals surface area contributed by atoms with Crippen molar-refractivity contribution in [2.45, 2.75) is 51.0 Å². The molecule has 0 saturated heterocycles. The molecule has 0 unspecified atom stereocenters. The quantitative estimate of drug-likeness (QED) is 0.839. The Bertz CT molecular complexity index is 358. The van der Waals surface area contributed by atoms with E-state index in [1.54, 1.807) is 6.20 Å². The van der Waals surface area contributed by atoms with E-state index in [4.69, 9.17) is 17.3 Å². The number of nitrogens with two attached hydrogens (primary N) is 1. The van der Waals surface area contributed by atoms with Crippen LogP contribution in [0.2, 0.25) is 5.02 Å². The van der Waals surface area contributed by atoms with Crippen molar-refractivity contribution in [1.82, 2.24) is 4.98 Å². The van der Waals surface area contributed by atoms with Gasteiger partial charge in [-0.05, 0) is 37.9 Å². The molecule has 106 valence electrons. The van der Waals surface area contributed by atoms with Gasteiger partial charge in [-0.25, -0.2) is 4.98 Å². The molecule has 1 aliphatic carbocycles. The molecule has 0 spiro atoms. The zero-order chi connectivity index (χ0) is 13.5. The first kappa shape index (κ1) is 14.6. The largest absolute Gasteiger partial charge is 0.354 e. The summed E-state index contributed by atoms with van der Waals surface area (Å²) in [6.07, 6.45) is 10.7.